The van der Waals surface area contributed by atoms with Crippen molar-refractivity contribution in [3.63, 3.8) is 0 Å². The molecule has 0 saturated carbocycles. The minimum atomic E-state index is -0.875. The second-order valence-corrected chi connectivity index (χ2v) is 5.40. The number of nitrogens with one attached hydrogen (secondary N) is 1. The second-order valence-electron chi connectivity index (χ2n) is 4.52. The van der Waals surface area contributed by atoms with Gasteiger partial charge in [-0.25, -0.2) is 13.8 Å². The van der Waals surface area contributed by atoms with E-state index in [0.29, 0.717) is 5.69 Å². The number of rotatable bonds is 4. The van der Waals surface area contributed by atoms with Crippen molar-refractivity contribution in [2.24, 2.45) is 0 Å². The number of ether oxygens (including phenoxy) is 1. The van der Waals surface area contributed by atoms with Gasteiger partial charge < -0.3 is 10.1 Å². The maximum absolute atomic E-state index is 13.6. The fraction of sp³-hybridized carbons (Fsp3) is 0.143. The van der Waals surface area contributed by atoms with Gasteiger partial charge in [0.05, 0.1) is 19.2 Å². The Bertz CT molecular complexity index is 792. The molecule has 2 heterocycles. The summed E-state index contributed by atoms with van der Waals surface area (Å²) >= 11 is 1.45. The number of hydrogen-bond acceptors (Lipinski definition) is 4. The molecule has 2 aromatic heterocycles. The van der Waals surface area contributed by atoms with Gasteiger partial charge in [-0.3, -0.25) is 9.20 Å². The number of carbonyl (C=O) groups is 1. The Kier molecular flexibility index (Phi) is 3.76. The molecule has 0 fully saturated rings. The predicted molar refractivity (Wildman–Crippen MR) is 78.3 cm³/mol. The largest absolute Gasteiger partial charge is 0.491 e. The molecule has 0 spiro atoms. The van der Waals surface area contributed by atoms with E-state index >= 15 is 0 Å². The normalized spacial score (nSPS) is 10.9. The lowest BCUT2D eigenvalue weighted by Gasteiger charge is -2.08. The van der Waals surface area contributed by atoms with E-state index in [1.807, 2.05) is 11.6 Å². The van der Waals surface area contributed by atoms with Gasteiger partial charge >= 0.3 is 0 Å². The number of halogens is 2. The maximum atomic E-state index is 13.6. The summed E-state index contributed by atoms with van der Waals surface area (Å²) in [6.45, 7) is 0. The Morgan fingerprint density at radius 1 is 1.41 bits per heavy atom. The van der Waals surface area contributed by atoms with Crippen molar-refractivity contribution >= 4 is 27.9 Å². The zero-order valence-electron chi connectivity index (χ0n) is 11.5. The topological polar surface area (TPSA) is 55.6 Å². The first kappa shape index (κ1) is 14.5. The first-order valence-corrected chi connectivity index (χ1v) is 7.18. The number of benzene rings is 1. The molecule has 0 atom stereocenters. The summed E-state index contributed by atoms with van der Waals surface area (Å²) in [4.78, 5) is 17.0. The summed E-state index contributed by atoms with van der Waals surface area (Å²) in [5, 5.41) is 4.32. The summed E-state index contributed by atoms with van der Waals surface area (Å²) in [6, 6.07) is 2.01. The molecular weight excluding hydrogens is 312 g/mol. The third-order valence-electron chi connectivity index (χ3n) is 2.97. The van der Waals surface area contributed by atoms with E-state index in [4.69, 9.17) is 0 Å². The quantitative estimate of drug-likeness (QED) is 0.803. The molecule has 5 nitrogen and oxygen atoms in total. The highest BCUT2D eigenvalue weighted by atomic mass is 32.1. The Labute approximate surface area is 128 Å². The zero-order valence-corrected chi connectivity index (χ0v) is 12.3. The Morgan fingerprint density at radius 3 is 2.77 bits per heavy atom. The first-order valence-electron chi connectivity index (χ1n) is 6.31. The van der Waals surface area contributed by atoms with E-state index in [0.717, 1.165) is 17.1 Å². The van der Waals surface area contributed by atoms with Gasteiger partial charge in [0, 0.05) is 35.6 Å². The minimum Gasteiger partial charge on any atom is -0.491 e. The van der Waals surface area contributed by atoms with E-state index in [9.17, 15) is 13.6 Å². The van der Waals surface area contributed by atoms with Crippen LogP contribution >= 0.6 is 11.3 Å². The standard InChI is InChI=1S/C14H11F2N3O2S/c1-21-13-10(15)4-8(5-11(13)16)17-12(20)6-9-7-19-2-3-22-14(19)18-9/h2-5,7H,6H2,1H3,(H,17,20). The van der Waals surface area contributed by atoms with Crippen molar-refractivity contribution in [2.45, 2.75) is 6.42 Å². The van der Waals surface area contributed by atoms with Crippen LogP contribution in [0.5, 0.6) is 5.75 Å². The van der Waals surface area contributed by atoms with E-state index in [1.54, 1.807) is 10.6 Å². The smallest absolute Gasteiger partial charge is 0.230 e. The first-order chi connectivity index (χ1) is 10.6. The lowest BCUT2D eigenvalue weighted by Crippen LogP contribution is -2.15. The van der Waals surface area contributed by atoms with Crippen molar-refractivity contribution < 1.29 is 18.3 Å². The van der Waals surface area contributed by atoms with Crippen LogP contribution in [0, 0.1) is 11.6 Å². The van der Waals surface area contributed by atoms with Crippen LogP contribution < -0.4 is 10.1 Å². The monoisotopic (exact) mass is 323 g/mol. The number of methoxy groups -OCH3 is 1. The molecule has 22 heavy (non-hydrogen) atoms. The minimum absolute atomic E-state index is 0.0175. The van der Waals surface area contributed by atoms with Gasteiger partial charge in [0.1, 0.15) is 0 Å². The number of fused-ring (bicyclic) bond motifs is 1. The van der Waals surface area contributed by atoms with Gasteiger partial charge in [-0.05, 0) is 0 Å². The average Bonchev–Trinajstić information content (AvgIpc) is 2.98. The van der Waals surface area contributed by atoms with Crippen molar-refractivity contribution in [3.05, 3.63) is 47.2 Å². The van der Waals surface area contributed by atoms with Crippen LogP contribution in [0.2, 0.25) is 0 Å². The number of imidazole rings is 1. The summed E-state index contributed by atoms with van der Waals surface area (Å²) in [6.07, 6.45) is 3.59. The van der Waals surface area contributed by atoms with Gasteiger partial charge in [-0.2, -0.15) is 0 Å². The summed E-state index contributed by atoms with van der Waals surface area (Å²) < 4.78 is 33.5. The zero-order chi connectivity index (χ0) is 15.7. The Hall–Kier alpha value is -2.48. The third-order valence-corrected chi connectivity index (χ3v) is 3.74. The average molecular weight is 323 g/mol. The molecule has 114 valence electrons. The SMILES string of the molecule is COc1c(F)cc(NC(=O)Cc2cn3ccsc3n2)cc1F. The molecule has 1 N–H and O–H groups in total. The summed E-state index contributed by atoms with van der Waals surface area (Å²) in [5.41, 5.74) is 0.612. The molecule has 8 heteroatoms. The van der Waals surface area contributed by atoms with Gasteiger partial charge in [-0.15, -0.1) is 11.3 Å². The number of anilines is 1. The van der Waals surface area contributed by atoms with Crippen molar-refractivity contribution in [1.29, 1.82) is 0 Å². The van der Waals surface area contributed by atoms with Crippen LogP contribution in [0.25, 0.3) is 4.96 Å². The van der Waals surface area contributed by atoms with Crippen LogP contribution in [-0.2, 0) is 11.2 Å². The van der Waals surface area contributed by atoms with E-state index in [2.05, 4.69) is 15.0 Å². The number of thiazole rings is 1. The van der Waals surface area contributed by atoms with Crippen LogP contribution in [0.4, 0.5) is 14.5 Å². The van der Waals surface area contributed by atoms with E-state index in [-0.39, 0.29) is 12.1 Å². The molecular formula is C14H11F2N3O2S. The molecule has 3 rings (SSSR count). The Balaban J connectivity index is 1.72. The van der Waals surface area contributed by atoms with Gasteiger partial charge in [-0.1, -0.05) is 0 Å². The number of aromatic nitrogens is 2. The molecule has 0 radical (unpaired) electrons. The van der Waals surface area contributed by atoms with Crippen LogP contribution in [0.3, 0.4) is 0 Å². The molecule has 1 amide bonds. The van der Waals surface area contributed by atoms with Crippen LogP contribution in [-0.4, -0.2) is 22.4 Å². The summed E-state index contributed by atoms with van der Waals surface area (Å²) in [5.74, 6) is -2.64. The predicted octanol–water partition coefficient (Wildman–Crippen LogP) is 2.86. The van der Waals surface area contributed by atoms with E-state index < -0.39 is 23.3 Å². The molecule has 1 aromatic carbocycles. The van der Waals surface area contributed by atoms with Crippen LogP contribution in [0.1, 0.15) is 5.69 Å². The van der Waals surface area contributed by atoms with E-state index in [1.165, 1.54) is 18.4 Å². The Morgan fingerprint density at radius 2 is 2.14 bits per heavy atom. The molecule has 0 unspecified atom stereocenters. The van der Waals surface area contributed by atoms with Crippen LogP contribution in [0.15, 0.2) is 29.9 Å². The molecule has 0 aliphatic rings. The number of carbonyl (C=O) groups excluding carboxylic acids is 1. The lowest BCUT2D eigenvalue weighted by atomic mass is 10.2. The fourth-order valence-corrected chi connectivity index (χ4v) is 2.78. The molecule has 0 bridgehead atoms. The highest BCUT2D eigenvalue weighted by Gasteiger charge is 2.14. The van der Waals surface area contributed by atoms with Crippen molar-refractivity contribution in [2.75, 3.05) is 12.4 Å². The molecule has 0 aliphatic carbocycles. The number of hydrogen-bond donors (Lipinski definition) is 1. The highest BCUT2D eigenvalue weighted by molar-refractivity contribution is 7.15. The number of amides is 1. The second kappa shape index (κ2) is 5.72. The van der Waals surface area contributed by atoms with Crippen molar-refractivity contribution in [1.82, 2.24) is 9.38 Å². The third kappa shape index (κ3) is 2.77. The maximum Gasteiger partial charge on any atom is 0.230 e. The highest BCUT2D eigenvalue weighted by Crippen LogP contribution is 2.25. The summed E-state index contributed by atoms with van der Waals surface area (Å²) in [7, 11) is 1.17. The lowest BCUT2D eigenvalue weighted by molar-refractivity contribution is -0.115. The molecule has 0 aliphatic heterocycles. The van der Waals surface area contributed by atoms with Gasteiger partial charge in [0.25, 0.3) is 0 Å². The number of nitrogens with zero attached hydrogens (tertiary/aromatic N) is 2. The molecule has 0 saturated heterocycles. The molecule has 3 aromatic rings. The fourth-order valence-electron chi connectivity index (χ4n) is 2.06. The van der Waals surface area contributed by atoms with Gasteiger partial charge in [0.15, 0.2) is 22.3 Å². The van der Waals surface area contributed by atoms with Crippen molar-refractivity contribution in [3.8, 4) is 5.75 Å². The van der Waals surface area contributed by atoms with Gasteiger partial charge in [0.2, 0.25) is 5.91 Å².